The van der Waals surface area contributed by atoms with Gasteiger partial charge in [0.05, 0.1) is 17.1 Å². The summed E-state index contributed by atoms with van der Waals surface area (Å²) >= 11 is 0. The zero-order valence-corrected chi connectivity index (χ0v) is 12.6. The molecule has 3 unspecified atom stereocenters. The maximum absolute atomic E-state index is 12.1. The van der Waals surface area contributed by atoms with Crippen molar-refractivity contribution in [3.63, 3.8) is 0 Å². The summed E-state index contributed by atoms with van der Waals surface area (Å²) < 4.78 is 24.3. The molecule has 0 amide bonds. The number of benzene rings is 1. The van der Waals surface area contributed by atoms with Gasteiger partial charge in [-0.05, 0) is 25.3 Å². The third-order valence-electron chi connectivity index (χ3n) is 4.15. The molecule has 20 heavy (non-hydrogen) atoms. The molecule has 1 fully saturated rings. The molecule has 4 nitrogen and oxygen atoms in total. The first-order valence-corrected chi connectivity index (χ1v) is 8.83. The van der Waals surface area contributed by atoms with Gasteiger partial charge in [0.15, 0.2) is 9.84 Å². The molecule has 0 aliphatic carbocycles. The van der Waals surface area contributed by atoms with Crippen molar-refractivity contribution in [1.29, 1.82) is 0 Å². The Hall–Kier alpha value is -0.910. The van der Waals surface area contributed by atoms with Crippen molar-refractivity contribution in [3.8, 4) is 0 Å². The number of aliphatic hydroxyl groups is 1. The molecule has 1 aromatic rings. The lowest BCUT2D eigenvalue weighted by Gasteiger charge is -2.31. The minimum absolute atomic E-state index is 0.180. The molecular formula is C15H23NO3S. The number of hydrogen-bond donors (Lipinski definition) is 2. The highest BCUT2D eigenvalue weighted by Crippen LogP contribution is 2.30. The normalized spacial score (nSPS) is 25.1. The first-order chi connectivity index (χ1) is 9.45. The van der Waals surface area contributed by atoms with Crippen molar-refractivity contribution in [2.75, 3.05) is 12.3 Å². The zero-order valence-electron chi connectivity index (χ0n) is 11.8. The van der Waals surface area contributed by atoms with Crippen LogP contribution in [0.2, 0.25) is 0 Å². The summed E-state index contributed by atoms with van der Waals surface area (Å²) in [6.45, 7) is 2.22. The molecule has 3 atom stereocenters. The second-order valence-corrected chi connectivity index (χ2v) is 7.99. The fourth-order valence-electron chi connectivity index (χ4n) is 3.00. The Morgan fingerprint density at radius 1 is 1.40 bits per heavy atom. The Balaban J connectivity index is 2.27. The molecule has 5 heteroatoms. The lowest BCUT2D eigenvalue weighted by Crippen LogP contribution is -2.43. The topological polar surface area (TPSA) is 80.4 Å². The van der Waals surface area contributed by atoms with Gasteiger partial charge in [-0.15, -0.1) is 0 Å². The van der Waals surface area contributed by atoms with Gasteiger partial charge in [0.2, 0.25) is 0 Å². The average Bonchev–Trinajstić information content (AvgIpc) is 2.39. The second-order valence-electron chi connectivity index (χ2n) is 5.65. The van der Waals surface area contributed by atoms with Gasteiger partial charge >= 0.3 is 0 Å². The number of sulfone groups is 1. The van der Waals surface area contributed by atoms with Gasteiger partial charge in [0.25, 0.3) is 0 Å². The summed E-state index contributed by atoms with van der Waals surface area (Å²) in [5.74, 6) is -0.146. The summed E-state index contributed by atoms with van der Waals surface area (Å²) in [6.07, 6.45) is 1.16. The van der Waals surface area contributed by atoms with Crippen LogP contribution in [0.3, 0.4) is 0 Å². The van der Waals surface area contributed by atoms with Crippen molar-refractivity contribution in [2.24, 2.45) is 5.73 Å². The molecule has 0 saturated carbocycles. The second kappa shape index (κ2) is 6.24. The SMILES string of the molecule is Cc1cccc(C(CN)C(O)C2CCCCS2(=O)=O)c1. The van der Waals surface area contributed by atoms with Crippen molar-refractivity contribution >= 4 is 9.84 Å². The molecule has 1 aliphatic rings. The average molecular weight is 297 g/mol. The lowest BCUT2D eigenvalue weighted by atomic mass is 9.89. The summed E-state index contributed by atoms with van der Waals surface area (Å²) in [6, 6.07) is 7.76. The molecule has 0 spiro atoms. The van der Waals surface area contributed by atoms with Gasteiger partial charge in [-0.2, -0.15) is 0 Å². The molecular weight excluding hydrogens is 274 g/mol. The Morgan fingerprint density at radius 2 is 2.15 bits per heavy atom. The van der Waals surface area contributed by atoms with Crippen molar-refractivity contribution in [3.05, 3.63) is 35.4 Å². The van der Waals surface area contributed by atoms with Crippen molar-refractivity contribution in [2.45, 2.75) is 43.5 Å². The molecule has 1 saturated heterocycles. The number of rotatable bonds is 4. The molecule has 0 aromatic heterocycles. The maximum Gasteiger partial charge on any atom is 0.155 e. The Morgan fingerprint density at radius 3 is 2.75 bits per heavy atom. The summed E-state index contributed by atoms with van der Waals surface area (Å²) in [7, 11) is -3.20. The molecule has 0 bridgehead atoms. The Kier molecular flexibility index (Phi) is 4.83. The van der Waals surface area contributed by atoms with Gasteiger partial charge < -0.3 is 10.8 Å². The van der Waals surface area contributed by atoms with Crippen LogP contribution in [-0.4, -0.2) is 37.2 Å². The van der Waals surface area contributed by atoms with Crippen LogP contribution < -0.4 is 5.73 Å². The van der Waals surface area contributed by atoms with Crippen LogP contribution in [0.15, 0.2) is 24.3 Å². The van der Waals surface area contributed by atoms with E-state index >= 15 is 0 Å². The predicted octanol–water partition coefficient (Wildman–Crippen LogP) is 1.37. The number of aryl methyl sites for hydroxylation is 1. The summed E-state index contributed by atoms with van der Waals surface area (Å²) in [5, 5.41) is 9.88. The fourth-order valence-corrected chi connectivity index (χ4v) is 5.05. The maximum atomic E-state index is 12.1. The quantitative estimate of drug-likeness (QED) is 0.879. The third-order valence-corrected chi connectivity index (χ3v) is 6.44. The molecule has 1 aliphatic heterocycles. The highest BCUT2D eigenvalue weighted by atomic mass is 32.2. The minimum atomic E-state index is -3.20. The van der Waals surface area contributed by atoms with E-state index in [4.69, 9.17) is 5.73 Å². The highest BCUT2D eigenvalue weighted by molar-refractivity contribution is 7.92. The molecule has 1 heterocycles. The van der Waals surface area contributed by atoms with E-state index in [1.54, 1.807) is 0 Å². The van der Waals surface area contributed by atoms with Crippen LogP contribution in [0.1, 0.15) is 36.3 Å². The first kappa shape index (κ1) is 15.5. The van der Waals surface area contributed by atoms with Crippen LogP contribution in [0, 0.1) is 6.92 Å². The van der Waals surface area contributed by atoms with Gasteiger partial charge in [0, 0.05) is 12.5 Å². The Bertz CT molecular complexity index is 556. The number of nitrogens with two attached hydrogens (primary N) is 1. The van der Waals surface area contributed by atoms with Gasteiger partial charge in [-0.25, -0.2) is 8.42 Å². The third kappa shape index (κ3) is 3.22. The van der Waals surface area contributed by atoms with E-state index in [0.717, 1.165) is 17.5 Å². The van der Waals surface area contributed by atoms with Crippen LogP contribution in [0.25, 0.3) is 0 Å². The van der Waals surface area contributed by atoms with Gasteiger partial charge in [0.1, 0.15) is 0 Å². The van der Waals surface area contributed by atoms with Crippen molar-refractivity contribution in [1.82, 2.24) is 0 Å². The smallest absolute Gasteiger partial charge is 0.155 e. The van der Waals surface area contributed by atoms with Crippen LogP contribution in [-0.2, 0) is 9.84 Å². The van der Waals surface area contributed by atoms with E-state index in [1.165, 1.54) is 0 Å². The minimum Gasteiger partial charge on any atom is -0.391 e. The van der Waals surface area contributed by atoms with E-state index in [2.05, 4.69) is 0 Å². The van der Waals surface area contributed by atoms with E-state index in [1.807, 2.05) is 31.2 Å². The lowest BCUT2D eigenvalue weighted by molar-refractivity contribution is 0.133. The van der Waals surface area contributed by atoms with E-state index in [9.17, 15) is 13.5 Å². The van der Waals surface area contributed by atoms with Gasteiger partial charge in [-0.1, -0.05) is 36.2 Å². The molecule has 112 valence electrons. The van der Waals surface area contributed by atoms with Crippen LogP contribution >= 0.6 is 0 Å². The standard InChI is InChI=1S/C15H23NO3S/c1-11-5-4-6-12(9-11)13(10-16)15(17)14-7-2-3-8-20(14,18)19/h4-6,9,13-15,17H,2-3,7-8,10,16H2,1H3. The van der Waals surface area contributed by atoms with Gasteiger partial charge in [-0.3, -0.25) is 0 Å². The molecule has 0 radical (unpaired) electrons. The zero-order chi connectivity index (χ0) is 14.8. The monoisotopic (exact) mass is 297 g/mol. The number of hydrogen-bond acceptors (Lipinski definition) is 4. The van der Waals surface area contributed by atoms with Crippen molar-refractivity contribution < 1.29 is 13.5 Å². The molecule has 3 N–H and O–H groups in total. The Labute approximate surface area is 120 Å². The van der Waals surface area contributed by atoms with E-state index < -0.39 is 21.2 Å². The molecule has 1 aromatic carbocycles. The van der Waals surface area contributed by atoms with Crippen LogP contribution in [0.4, 0.5) is 0 Å². The number of aliphatic hydroxyl groups excluding tert-OH is 1. The molecule has 2 rings (SSSR count). The summed E-state index contributed by atoms with van der Waals surface area (Å²) in [5.41, 5.74) is 7.80. The highest BCUT2D eigenvalue weighted by Gasteiger charge is 2.38. The van der Waals surface area contributed by atoms with E-state index in [0.29, 0.717) is 12.8 Å². The first-order valence-electron chi connectivity index (χ1n) is 7.12. The largest absolute Gasteiger partial charge is 0.391 e. The van der Waals surface area contributed by atoms with Crippen LogP contribution in [0.5, 0.6) is 0 Å². The van der Waals surface area contributed by atoms with E-state index in [-0.39, 0.29) is 18.2 Å². The fraction of sp³-hybridized carbons (Fsp3) is 0.600. The predicted molar refractivity (Wildman–Crippen MR) is 80.4 cm³/mol. The summed E-state index contributed by atoms with van der Waals surface area (Å²) in [4.78, 5) is 0.